The molecule has 0 fully saturated rings. The molecule has 7 nitrogen and oxygen atoms in total. The molecule has 0 spiro atoms. The van der Waals surface area contributed by atoms with E-state index in [2.05, 4.69) is 10.2 Å². The molecule has 27 heavy (non-hydrogen) atoms. The molecular weight excluding hydrogens is 346 g/mol. The summed E-state index contributed by atoms with van der Waals surface area (Å²) in [6.07, 6.45) is 0. The van der Waals surface area contributed by atoms with E-state index in [4.69, 9.17) is 4.74 Å². The monoisotopic (exact) mass is 365 g/mol. The summed E-state index contributed by atoms with van der Waals surface area (Å²) in [6, 6.07) is 14.0. The Hall–Kier alpha value is -3.48. The topological polar surface area (TPSA) is 93.2 Å². The minimum atomic E-state index is -0.514. The van der Waals surface area contributed by atoms with Crippen molar-refractivity contribution in [2.45, 2.75) is 20.4 Å². The molecule has 1 N–H and O–H groups in total. The van der Waals surface area contributed by atoms with E-state index in [9.17, 15) is 14.7 Å². The SMILES string of the molecule is CCOC(=O)Cn1c(O)c(N=NC(=O)c2cccc(C)c2)c2ccccc21. The second-order valence-corrected chi connectivity index (χ2v) is 5.96. The van der Waals surface area contributed by atoms with Gasteiger partial charge in [-0.2, -0.15) is 0 Å². The maximum atomic E-state index is 12.3. The third-order valence-electron chi connectivity index (χ3n) is 4.02. The maximum Gasteiger partial charge on any atom is 0.326 e. The van der Waals surface area contributed by atoms with Crippen molar-refractivity contribution in [3.63, 3.8) is 0 Å². The van der Waals surface area contributed by atoms with E-state index in [1.54, 1.807) is 49.4 Å². The number of amides is 1. The first-order valence-electron chi connectivity index (χ1n) is 8.49. The first-order valence-corrected chi connectivity index (χ1v) is 8.49. The van der Waals surface area contributed by atoms with Gasteiger partial charge in [0.25, 0.3) is 5.91 Å². The average molecular weight is 365 g/mol. The van der Waals surface area contributed by atoms with Gasteiger partial charge in [0.15, 0.2) is 5.69 Å². The summed E-state index contributed by atoms with van der Waals surface area (Å²) in [5, 5.41) is 18.8. The van der Waals surface area contributed by atoms with Crippen LogP contribution < -0.4 is 0 Å². The van der Waals surface area contributed by atoms with Gasteiger partial charge in [-0.1, -0.05) is 35.9 Å². The number of hydrogen-bond donors (Lipinski definition) is 1. The number of esters is 1. The third-order valence-corrected chi connectivity index (χ3v) is 4.02. The lowest BCUT2D eigenvalue weighted by atomic mass is 10.1. The Labute approximate surface area is 155 Å². The number of fused-ring (bicyclic) bond motifs is 1. The van der Waals surface area contributed by atoms with Crippen molar-refractivity contribution in [2.24, 2.45) is 10.2 Å². The molecule has 0 aliphatic rings. The van der Waals surface area contributed by atoms with E-state index in [-0.39, 0.29) is 24.7 Å². The van der Waals surface area contributed by atoms with Crippen LogP contribution in [-0.4, -0.2) is 28.2 Å². The maximum absolute atomic E-state index is 12.3. The minimum Gasteiger partial charge on any atom is -0.493 e. The summed E-state index contributed by atoms with van der Waals surface area (Å²) in [4.78, 5) is 24.1. The molecule has 0 aliphatic carbocycles. The summed E-state index contributed by atoms with van der Waals surface area (Å²) in [6.45, 7) is 3.67. The molecule has 138 valence electrons. The van der Waals surface area contributed by atoms with Gasteiger partial charge in [0.05, 0.1) is 12.1 Å². The smallest absolute Gasteiger partial charge is 0.326 e. The van der Waals surface area contributed by atoms with Crippen LogP contribution in [-0.2, 0) is 16.1 Å². The number of aromatic nitrogens is 1. The van der Waals surface area contributed by atoms with E-state index in [0.717, 1.165) is 5.56 Å². The van der Waals surface area contributed by atoms with Gasteiger partial charge in [0.2, 0.25) is 5.88 Å². The van der Waals surface area contributed by atoms with Crippen LogP contribution in [0.2, 0.25) is 0 Å². The Kier molecular flexibility index (Phi) is 5.30. The first-order chi connectivity index (χ1) is 13.0. The second-order valence-electron chi connectivity index (χ2n) is 5.96. The van der Waals surface area contributed by atoms with Gasteiger partial charge in [-0.3, -0.25) is 14.2 Å². The van der Waals surface area contributed by atoms with Crippen molar-refractivity contribution >= 4 is 28.5 Å². The number of nitrogens with zero attached hydrogens (tertiary/aromatic N) is 3. The Morgan fingerprint density at radius 1 is 1.15 bits per heavy atom. The lowest BCUT2D eigenvalue weighted by Gasteiger charge is -2.06. The van der Waals surface area contributed by atoms with E-state index >= 15 is 0 Å². The van der Waals surface area contributed by atoms with Crippen molar-refractivity contribution in [1.82, 2.24) is 4.57 Å². The quantitative estimate of drug-likeness (QED) is 0.543. The van der Waals surface area contributed by atoms with Gasteiger partial charge in [0, 0.05) is 10.9 Å². The molecule has 2 aromatic carbocycles. The summed E-state index contributed by atoms with van der Waals surface area (Å²) < 4.78 is 6.33. The molecule has 0 saturated carbocycles. The highest BCUT2D eigenvalue weighted by Crippen LogP contribution is 2.38. The van der Waals surface area contributed by atoms with Crippen LogP contribution in [0.1, 0.15) is 22.8 Å². The van der Waals surface area contributed by atoms with E-state index in [1.807, 2.05) is 13.0 Å². The third kappa shape index (κ3) is 3.87. The van der Waals surface area contributed by atoms with Gasteiger partial charge < -0.3 is 9.84 Å². The van der Waals surface area contributed by atoms with Crippen molar-refractivity contribution in [2.75, 3.05) is 6.61 Å². The molecule has 1 aromatic heterocycles. The fraction of sp³-hybridized carbons (Fsp3) is 0.200. The number of benzene rings is 2. The Morgan fingerprint density at radius 3 is 2.67 bits per heavy atom. The number of carbonyl (C=O) groups excluding carboxylic acids is 2. The van der Waals surface area contributed by atoms with Crippen molar-refractivity contribution in [3.05, 3.63) is 59.7 Å². The minimum absolute atomic E-state index is 0.135. The number of azo groups is 1. The average Bonchev–Trinajstić information content (AvgIpc) is 2.91. The van der Waals surface area contributed by atoms with E-state index in [0.29, 0.717) is 16.5 Å². The molecular formula is C20H19N3O4. The predicted molar refractivity (Wildman–Crippen MR) is 100 cm³/mol. The molecule has 3 rings (SSSR count). The molecule has 0 aliphatic heterocycles. The fourth-order valence-corrected chi connectivity index (χ4v) is 2.80. The van der Waals surface area contributed by atoms with Gasteiger partial charge >= 0.3 is 5.97 Å². The molecule has 3 aromatic rings. The van der Waals surface area contributed by atoms with Crippen LogP contribution in [0.25, 0.3) is 10.9 Å². The highest BCUT2D eigenvalue weighted by Gasteiger charge is 2.19. The van der Waals surface area contributed by atoms with Crippen LogP contribution >= 0.6 is 0 Å². The zero-order valence-corrected chi connectivity index (χ0v) is 15.0. The summed E-state index contributed by atoms with van der Waals surface area (Å²) >= 11 is 0. The highest BCUT2D eigenvalue weighted by molar-refractivity contribution is 5.97. The number of ether oxygens (including phenoxy) is 1. The van der Waals surface area contributed by atoms with Gasteiger partial charge in [-0.15, -0.1) is 10.2 Å². The molecule has 0 saturated heterocycles. The number of aryl methyl sites for hydroxylation is 1. The normalized spacial score (nSPS) is 11.2. The van der Waals surface area contributed by atoms with Crippen LogP contribution in [0, 0.1) is 6.92 Å². The lowest BCUT2D eigenvalue weighted by Crippen LogP contribution is -2.12. The van der Waals surface area contributed by atoms with Gasteiger partial charge in [-0.05, 0) is 32.0 Å². The van der Waals surface area contributed by atoms with E-state index < -0.39 is 11.9 Å². The first kappa shape index (κ1) is 18.3. The zero-order valence-electron chi connectivity index (χ0n) is 15.0. The number of carbonyl (C=O) groups is 2. The molecule has 0 atom stereocenters. The zero-order chi connectivity index (χ0) is 19.4. The van der Waals surface area contributed by atoms with Crippen molar-refractivity contribution in [3.8, 4) is 5.88 Å². The number of hydrogen-bond acceptors (Lipinski definition) is 5. The number of aromatic hydroxyl groups is 1. The molecule has 0 bridgehead atoms. The second kappa shape index (κ2) is 7.82. The fourth-order valence-electron chi connectivity index (χ4n) is 2.80. The largest absolute Gasteiger partial charge is 0.493 e. The van der Waals surface area contributed by atoms with Crippen LogP contribution in [0.3, 0.4) is 0 Å². The Balaban J connectivity index is 1.98. The van der Waals surface area contributed by atoms with Crippen molar-refractivity contribution < 1.29 is 19.4 Å². The molecule has 1 amide bonds. The standard InChI is InChI=1S/C20H19N3O4/c1-3-27-17(24)12-23-16-10-5-4-9-15(16)18(20(23)26)21-22-19(25)14-8-6-7-13(2)11-14/h4-11,26H,3,12H2,1-2H3. The van der Waals surface area contributed by atoms with Crippen LogP contribution in [0.15, 0.2) is 58.8 Å². The van der Waals surface area contributed by atoms with E-state index in [1.165, 1.54) is 4.57 Å². The molecule has 0 radical (unpaired) electrons. The van der Waals surface area contributed by atoms with Crippen LogP contribution in [0.5, 0.6) is 5.88 Å². The number of para-hydroxylation sites is 1. The highest BCUT2D eigenvalue weighted by atomic mass is 16.5. The summed E-state index contributed by atoms with van der Waals surface area (Å²) in [5.74, 6) is -1.24. The van der Waals surface area contributed by atoms with Crippen molar-refractivity contribution in [1.29, 1.82) is 0 Å². The predicted octanol–water partition coefficient (Wildman–Crippen LogP) is 4.14. The number of rotatable bonds is 5. The summed E-state index contributed by atoms with van der Waals surface area (Å²) in [7, 11) is 0. The van der Waals surface area contributed by atoms with Gasteiger partial charge in [-0.25, -0.2) is 0 Å². The molecule has 1 heterocycles. The van der Waals surface area contributed by atoms with Gasteiger partial charge in [0.1, 0.15) is 6.54 Å². The van der Waals surface area contributed by atoms with Crippen LogP contribution in [0.4, 0.5) is 5.69 Å². The molecule has 0 unspecified atom stereocenters. The lowest BCUT2D eigenvalue weighted by molar-refractivity contribution is -0.143. The Bertz CT molecular complexity index is 1040. The summed E-state index contributed by atoms with van der Waals surface area (Å²) in [5.41, 5.74) is 2.08. The Morgan fingerprint density at radius 2 is 1.93 bits per heavy atom. The molecule has 7 heteroatoms.